The van der Waals surface area contributed by atoms with Crippen LogP contribution in [-0.2, 0) is 11.8 Å². The van der Waals surface area contributed by atoms with Crippen molar-refractivity contribution in [1.29, 1.82) is 0 Å². The zero-order valence-electron chi connectivity index (χ0n) is 12.9. The molecule has 0 bridgehead atoms. The van der Waals surface area contributed by atoms with Crippen molar-refractivity contribution in [2.45, 2.75) is 51.0 Å². The van der Waals surface area contributed by atoms with E-state index in [4.69, 9.17) is 5.73 Å². The molecule has 0 aliphatic carbocycles. The molecule has 0 saturated carbocycles. The number of hydrogen-bond donors (Lipinski definition) is 1. The Balaban J connectivity index is 2.03. The highest BCUT2D eigenvalue weighted by atomic mass is 15.1. The molecule has 0 radical (unpaired) electrons. The molecule has 106 valence electrons. The van der Waals surface area contributed by atoms with E-state index in [1.807, 2.05) is 0 Å². The molecule has 0 aromatic heterocycles. The maximum absolute atomic E-state index is 6.55. The molecule has 0 spiro atoms. The molecular weight excluding hydrogens is 232 g/mol. The van der Waals surface area contributed by atoms with Gasteiger partial charge in [-0.3, -0.25) is 0 Å². The Kier molecular flexibility index (Phi) is 4.03. The fourth-order valence-corrected chi connectivity index (χ4v) is 2.77. The minimum absolute atomic E-state index is 0.00421. The molecule has 2 heteroatoms. The standard InChI is InChI=1S/C17H28N2/c1-16(2,3)15-7-5-14(6-8-15)13-17(18)9-11-19(4)12-10-17/h5-8H,9-13,18H2,1-4H3. The van der Waals surface area contributed by atoms with Gasteiger partial charge in [-0.15, -0.1) is 0 Å². The number of nitrogens with two attached hydrogens (primary N) is 1. The quantitative estimate of drug-likeness (QED) is 0.886. The van der Waals surface area contributed by atoms with Crippen molar-refractivity contribution in [2.24, 2.45) is 5.73 Å². The van der Waals surface area contributed by atoms with Gasteiger partial charge in [-0.1, -0.05) is 45.0 Å². The maximum atomic E-state index is 6.55. The first kappa shape index (κ1) is 14.5. The summed E-state index contributed by atoms with van der Waals surface area (Å²) in [6.07, 6.45) is 3.21. The van der Waals surface area contributed by atoms with E-state index < -0.39 is 0 Å². The molecule has 1 fully saturated rings. The van der Waals surface area contributed by atoms with Crippen molar-refractivity contribution in [1.82, 2.24) is 4.90 Å². The summed E-state index contributed by atoms with van der Waals surface area (Å²) in [5, 5.41) is 0. The second-order valence-electron chi connectivity index (χ2n) is 7.29. The molecule has 1 heterocycles. The van der Waals surface area contributed by atoms with Crippen LogP contribution in [0.4, 0.5) is 0 Å². The molecule has 1 aliphatic heterocycles. The van der Waals surface area contributed by atoms with Crippen LogP contribution in [0.5, 0.6) is 0 Å². The highest BCUT2D eigenvalue weighted by molar-refractivity contribution is 5.28. The van der Waals surface area contributed by atoms with Gasteiger partial charge in [-0.2, -0.15) is 0 Å². The lowest BCUT2D eigenvalue weighted by Gasteiger charge is -2.38. The smallest absolute Gasteiger partial charge is 0.0219 e. The van der Waals surface area contributed by atoms with Gasteiger partial charge in [-0.05, 0) is 55.9 Å². The largest absolute Gasteiger partial charge is 0.325 e. The summed E-state index contributed by atoms with van der Waals surface area (Å²) in [4.78, 5) is 2.37. The van der Waals surface area contributed by atoms with Gasteiger partial charge in [0, 0.05) is 5.54 Å². The van der Waals surface area contributed by atoms with Crippen LogP contribution in [0.25, 0.3) is 0 Å². The fourth-order valence-electron chi connectivity index (χ4n) is 2.77. The molecule has 1 aromatic rings. The summed E-state index contributed by atoms with van der Waals surface area (Å²) in [7, 11) is 2.18. The second-order valence-corrected chi connectivity index (χ2v) is 7.29. The summed E-state index contributed by atoms with van der Waals surface area (Å²) < 4.78 is 0. The van der Waals surface area contributed by atoms with Crippen molar-refractivity contribution in [3.63, 3.8) is 0 Å². The summed E-state index contributed by atoms with van der Waals surface area (Å²) in [6.45, 7) is 9.00. The molecule has 1 saturated heterocycles. The van der Waals surface area contributed by atoms with E-state index in [0.29, 0.717) is 0 Å². The molecule has 2 rings (SSSR count). The Morgan fingerprint density at radius 3 is 2.11 bits per heavy atom. The number of nitrogens with zero attached hydrogens (tertiary/aromatic N) is 1. The molecule has 2 N–H and O–H groups in total. The monoisotopic (exact) mass is 260 g/mol. The van der Waals surface area contributed by atoms with Crippen LogP contribution in [0, 0.1) is 0 Å². The summed E-state index contributed by atoms with van der Waals surface area (Å²) in [6, 6.07) is 9.03. The molecule has 1 aliphatic rings. The summed E-state index contributed by atoms with van der Waals surface area (Å²) in [5.74, 6) is 0. The summed E-state index contributed by atoms with van der Waals surface area (Å²) in [5.41, 5.74) is 9.54. The van der Waals surface area contributed by atoms with E-state index in [9.17, 15) is 0 Å². The normalized spacial score (nSPS) is 20.5. The predicted octanol–water partition coefficient (Wildman–Crippen LogP) is 2.95. The van der Waals surface area contributed by atoms with Crippen LogP contribution in [0.2, 0.25) is 0 Å². The van der Waals surface area contributed by atoms with Gasteiger partial charge in [0.1, 0.15) is 0 Å². The van der Waals surface area contributed by atoms with Crippen LogP contribution >= 0.6 is 0 Å². The van der Waals surface area contributed by atoms with Gasteiger partial charge in [0.2, 0.25) is 0 Å². The van der Waals surface area contributed by atoms with Gasteiger partial charge in [0.05, 0.1) is 0 Å². The third-order valence-corrected chi connectivity index (χ3v) is 4.36. The molecule has 1 aromatic carbocycles. The van der Waals surface area contributed by atoms with E-state index >= 15 is 0 Å². The molecule has 19 heavy (non-hydrogen) atoms. The van der Waals surface area contributed by atoms with Gasteiger partial charge in [-0.25, -0.2) is 0 Å². The first-order valence-corrected chi connectivity index (χ1v) is 7.35. The Labute approximate surface area is 118 Å². The van der Waals surface area contributed by atoms with E-state index in [1.165, 1.54) is 11.1 Å². The third kappa shape index (κ3) is 3.80. The van der Waals surface area contributed by atoms with Crippen LogP contribution in [-0.4, -0.2) is 30.6 Å². The minimum Gasteiger partial charge on any atom is -0.325 e. The van der Waals surface area contributed by atoms with E-state index in [1.54, 1.807) is 0 Å². The van der Waals surface area contributed by atoms with Crippen molar-refractivity contribution in [2.75, 3.05) is 20.1 Å². The van der Waals surface area contributed by atoms with Crippen LogP contribution in [0.3, 0.4) is 0 Å². The Bertz CT molecular complexity index is 406. The van der Waals surface area contributed by atoms with E-state index in [0.717, 1.165) is 32.4 Å². The first-order chi connectivity index (χ1) is 8.78. The number of rotatable bonds is 2. The van der Waals surface area contributed by atoms with Crippen molar-refractivity contribution in [3.8, 4) is 0 Å². The Hall–Kier alpha value is -0.860. The summed E-state index contributed by atoms with van der Waals surface area (Å²) >= 11 is 0. The van der Waals surface area contributed by atoms with Crippen LogP contribution in [0.1, 0.15) is 44.7 Å². The topological polar surface area (TPSA) is 29.3 Å². The number of benzene rings is 1. The molecule has 0 unspecified atom stereocenters. The third-order valence-electron chi connectivity index (χ3n) is 4.36. The van der Waals surface area contributed by atoms with Crippen molar-refractivity contribution in [3.05, 3.63) is 35.4 Å². The van der Waals surface area contributed by atoms with Gasteiger partial charge >= 0.3 is 0 Å². The van der Waals surface area contributed by atoms with E-state index in [-0.39, 0.29) is 11.0 Å². The highest BCUT2D eigenvalue weighted by Gasteiger charge is 2.29. The lowest BCUT2D eigenvalue weighted by atomic mass is 9.81. The maximum Gasteiger partial charge on any atom is 0.0219 e. The van der Waals surface area contributed by atoms with Gasteiger partial charge < -0.3 is 10.6 Å². The van der Waals surface area contributed by atoms with Crippen molar-refractivity contribution >= 4 is 0 Å². The SMILES string of the molecule is CN1CCC(N)(Cc2ccc(C(C)(C)C)cc2)CC1. The first-order valence-electron chi connectivity index (χ1n) is 7.35. The minimum atomic E-state index is -0.00421. The zero-order chi connectivity index (χ0) is 14.1. The Morgan fingerprint density at radius 1 is 1.11 bits per heavy atom. The molecule has 2 nitrogen and oxygen atoms in total. The van der Waals surface area contributed by atoms with Gasteiger partial charge in [0.15, 0.2) is 0 Å². The number of likely N-dealkylation sites (tertiary alicyclic amines) is 1. The van der Waals surface area contributed by atoms with Crippen LogP contribution < -0.4 is 5.73 Å². The van der Waals surface area contributed by atoms with E-state index in [2.05, 4.69) is 57.0 Å². The lowest BCUT2D eigenvalue weighted by molar-refractivity contribution is 0.190. The number of piperidine rings is 1. The fraction of sp³-hybridized carbons (Fsp3) is 0.647. The number of hydrogen-bond acceptors (Lipinski definition) is 2. The highest BCUT2D eigenvalue weighted by Crippen LogP contribution is 2.26. The van der Waals surface area contributed by atoms with Crippen molar-refractivity contribution < 1.29 is 0 Å². The van der Waals surface area contributed by atoms with Crippen LogP contribution in [0.15, 0.2) is 24.3 Å². The second kappa shape index (κ2) is 5.26. The lowest BCUT2D eigenvalue weighted by Crippen LogP contribution is -2.50. The zero-order valence-corrected chi connectivity index (χ0v) is 12.9. The molecular formula is C17H28N2. The average molecular weight is 260 g/mol. The molecule has 0 amide bonds. The Morgan fingerprint density at radius 2 is 1.63 bits per heavy atom. The molecule has 0 atom stereocenters. The average Bonchev–Trinajstić information content (AvgIpc) is 2.33. The predicted molar refractivity (Wildman–Crippen MR) is 82.5 cm³/mol. The van der Waals surface area contributed by atoms with Gasteiger partial charge in [0.25, 0.3) is 0 Å².